The molecule has 0 unspecified atom stereocenters. The second-order valence-electron chi connectivity index (χ2n) is 6.67. The largest absolute Gasteiger partial charge is 0.369 e. The fourth-order valence-electron chi connectivity index (χ4n) is 3.12. The molecule has 0 N–H and O–H groups in total. The van der Waals surface area contributed by atoms with Gasteiger partial charge in [-0.25, -0.2) is 8.42 Å². The highest BCUT2D eigenvalue weighted by Gasteiger charge is 2.28. The number of nitrogens with zero attached hydrogens (tertiary/aromatic N) is 3. The van der Waals surface area contributed by atoms with E-state index in [2.05, 4.69) is 9.88 Å². The number of carbonyl (C=O) groups excluding carboxylic acids is 1. The van der Waals surface area contributed by atoms with Gasteiger partial charge in [0.25, 0.3) is 0 Å². The fourth-order valence-corrected chi connectivity index (χ4v) is 4.90. The van der Waals surface area contributed by atoms with Crippen molar-refractivity contribution >= 4 is 44.7 Å². The molecule has 9 heteroatoms. The van der Waals surface area contributed by atoms with Crippen molar-refractivity contribution in [2.75, 3.05) is 36.8 Å². The zero-order chi connectivity index (χ0) is 20.1. The summed E-state index contributed by atoms with van der Waals surface area (Å²) in [5.41, 5.74) is 1.82. The number of sulfonamides is 1. The Morgan fingerprint density at radius 1 is 1.00 bits per heavy atom. The number of halogens is 2. The summed E-state index contributed by atoms with van der Waals surface area (Å²) in [6.07, 6.45) is 3.71. The van der Waals surface area contributed by atoms with E-state index in [1.807, 2.05) is 24.3 Å². The summed E-state index contributed by atoms with van der Waals surface area (Å²) >= 11 is 11.8. The van der Waals surface area contributed by atoms with Gasteiger partial charge in [-0.1, -0.05) is 23.2 Å². The van der Waals surface area contributed by atoms with Gasteiger partial charge in [0.2, 0.25) is 10.0 Å². The quantitative estimate of drug-likeness (QED) is 0.659. The van der Waals surface area contributed by atoms with E-state index in [1.54, 1.807) is 12.3 Å². The maximum absolute atomic E-state index is 12.6. The van der Waals surface area contributed by atoms with E-state index >= 15 is 0 Å². The van der Waals surface area contributed by atoms with E-state index in [0.717, 1.165) is 11.3 Å². The number of rotatable bonds is 7. The van der Waals surface area contributed by atoms with Crippen LogP contribution < -0.4 is 4.90 Å². The highest BCUT2D eigenvalue weighted by Crippen LogP contribution is 2.20. The van der Waals surface area contributed by atoms with E-state index in [-0.39, 0.29) is 12.2 Å². The molecule has 150 valence electrons. The van der Waals surface area contributed by atoms with Gasteiger partial charge in [-0.05, 0) is 42.3 Å². The number of hydrogen-bond acceptors (Lipinski definition) is 5. The first-order chi connectivity index (χ1) is 13.3. The van der Waals surface area contributed by atoms with Gasteiger partial charge in [0, 0.05) is 55.7 Å². The van der Waals surface area contributed by atoms with E-state index in [0.29, 0.717) is 42.6 Å². The number of hydrogen-bond donors (Lipinski definition) is 0. The number of ketones is 1. The summed E-state index contributed by atoms with van der Waals surface area (Å²) in [7, 11) is -3.61. The average molecular weight is 442 g/mol. The molecule has 1 aromatic heterocycles. The first-order valence-corrected chi connectivity index (χ1v) is 11.3. The number of benzene rings is 1. The van der Waals surface area contributed by atoms with Crippen LogP contribution in [0.1, 0.15) is 12.0 Å². The summed E-state index contributed by atoms with van der Waals surface area (Å²) in [5, 5.41) is 1.16. The van der Waals surface area contributed by atoms with Crippen molar-refractivity contribution in [2.45, 2.75) is 12.8 Å². The average Bonchev–Trinajstić information content (AvgIpc) is 2.67. The predicted octanol–water partition coefficient (Wildman–Crippen LogP) is 3.04. The van der Waals surface area contributed by atoms with Gasteiger partial charge >= 0.3 is 0 Å². The van der Waals surface area contributed by atoms with Gasteiger partial charge < -0.3 is 4.90 Å². The molecule has 2 aromatic rings. The Morgan fingerprint density at radius 3 is 2.32 bits per heavy atom. The molecule has 0 bridgehead atoms. The van der Waals surface area contributed by atoms with E-state index in [4.69, 9.17) is 23.2 Å². The van der Waals surface area contributed by atoms with Crippen molar-refractivity contribution in [1.29, 1.82) is 0 Å². The third-order valence-corrected chi connectivity index (χ3v) is 6.92. The molecule has 6 nitrogen and oxygen atoms in total. The lowest BCUT2D eigenvalue weighted by Crippen LogP contribution is -2.50. The standard InChI is InChI=1S/C19H21Cl2N3O3S/c20-16-2-4-18(5-3-16)23-7-9-24(10-8-23)28(26,27)14-19(25)6-1-15-11-17(21)13-22-12-15/h2-5,11-13H,1,6-10,14H2. The summed E-state index contributed by atoms with van der Waals surface area (Å²) in [6, 6.07) is 9.19. The van der Waals surface area contributed by atoms with Crippen molar-refractivity contribution in [3.63, 3.8) is 0 Å². The van der Waals surface area contributed by atoms with Crippen LogP contribution >= 0.6 is 23.2 Å². The lowest BCUT2D eigenvalue weighted by atomic mass is 10.1. The van der Waals surface area contributed by atoms with E-state index in [1.165, 1.54) is 10.5 Å². The Labute approximate surface area is 175 Å². The lowest BCUT2D eigenvalue weighted by Gasteiger charge is -2.35. The van der Waals surface area contributed by atoms with E-state index in [9.17, 15) is 13.2 Å². The molecule has 0 radical (unpaired) electrons. The Bertz CT molecular complexity index is 928. The Balaban J connectivity index is 1.50. The summed E-state index contributed by atoms with van der Waals surface area (Å²) < 4.78 is 26.6. The Hall–Kier alpha value is -1.67. The molecule has 0 amide bonds. The number of piperazine rings is 1. The number of carbonyl (C=O) groups is 1. The highest BCUT2D eigenvalue weighted by atomic mass is 35.5. The second-order valence-corrected chi connectivity index (χ2v) is 9.51. The van der Waals surface area contributed by atoms with Gasteiger partial charge in [-0.15, -0.1) is 0 Å². The molecule has 2 heterocycles. The van der Waals surface area contributed by atoms with Crippen LogP contribution in [0.4, 0.5) is 5.69 Å². The van der Waals surface area contributed by atoms with Crippen molar-refractivity contribution in [3.8, 4) is 0 Å². The summed E-state index contributed by atoms with van der Waals surface area (Å²) in [5.74, 6) is -0.776. The highest BCUT2D eigenvalue weighted by molar-refractivity contribution is 7.89. The second kappa shape index (κ2) is 9.22. The molecule has 0 saturated carbocycles. The Kier molecular flexibility index (Phi) is 6.93. The molecule has 1 fully saturated rings. The molecule has 1 saturated heterocycles. The van der Waals surface area contributed by atoms with Crippen molar-refractivity contribution in [1.82, 2.24) is 9.29 Å². The Morgan fingerprint density at radius 2 is 1.68 bits per heavy atom. The molecule has 28 heavy (non-hydrogen) atoms. The van der Waals surface area contributed by atoms with Crippen LogP contribution in [0, 0.1) is 0 Å². The van der Waals surface area contributed by atoms with Crippen LogP contribution in [-0.4, -0.2) is 55.4 Å². The maximum Gasteiger partial charge on any atom is 0.221 e. The first-order valence-electron chi connectivity index (χ1n) is 8.93. The van der Waals surface area contributed by atoms with Gasteiger partial charge in [-0.3, -0.25) is 9.78 Å². The molecular formula is C19H21Cl2N3O3S. The van der Waals surface area contributed by atoms with Crippen LogP contribution in [-0.2, 0) is 21.2 Å². The zero-order valence-corrected chi connectivity index (χ0v) is 17.6. The van der Waals surface area contributed by atoms with E-state index < -0.39 is 15.8 Å². The molecule has 1 aliphatic rings. The summed E-state index contributed by atoms with van der Waals surface area (Å²) in [4.78, 5) is 18.3. The SMILES string of the molecule is O=C(CCc1cncc(Cl)c1)CS(=O)(=O)N1CCN(c2ccc(Cl)cc2)CC1. The third kappa shape index (κ3) is 5.67. The molecule has 3 rings (SSSR count). The molecule has 1 aliphatic heterocycles. The van der Waals surface area contributed by atoms with Crippen LogP contribution in [0.2, 0.25) is 10.0 Å². The maximum atomic E-state index is 12.6. The number of Topliss-reactive ketones (excluding diaryl/α,β-unsaturated/α-hetero) is 1. The number of anilines is 1. The number of aromatic nitrogens is 1. The van der Waals surface area contributed by atoms with Crippen molar-refractivity contribution in [2.24, 2.45) is 0 Å². The minimum absolute atomic E-state index is 0.145. The normalized spacial score (nSPS) is 15.6. The van der Waals surface area contributed by atoms with Crippen molar-refractivity contribution in [3.05, 3.63) is 58.3 Å². The van der Waals surface area contributed by atoms with Gasteiger partial charge in [0.15, 0.2) is 0 Å². The number of pyridine rings is 1. The van der Waals surface area contributed by atoms with Gasteiger partial charge in [0.1, 0.15) is 11.5 Å². The monoisotopic (exact) mass is 441 g/mol. The molecule has 1 aromatic carbocycles. The van der Waals surface area contributed by atoms with Crippen LogP contribution in [0.15, 0.2) is 42.7 Å². The van der Waals surface area contributed by atoms with Crippen LogP contribution in [0.3, 0.4) is 0 Å². The molecule has 0 aliphatic carbocycles. The minimum Gasteiger partial charge on any atom is -0.369 e. The van der Waals surface area contributed by atoms with Crippen molar-refractivity contribution < 1.29 is 13.2 Å². The lowest BCUT2D eigenvalue weighted by molar-refractivity contribution is -0.116. The third-order valence-electron chi connectivity index (χ3n) is 4.62. The molecular weight excluding hydrogens is 421 g/mol. The number of aryl methyl sites for hydroxylation is 1. The zero-order valence-electron chi connectivity index (χ0n) is 15.2. The van der Waals surface area contributed by atoms with Crippen LogP contribution in [0.5, 0.6) is 0 Å². The molecule has 0 spiro atoms. The van der Waals surface area contributed by atoms with Gasteiger partial charge in [-0.2, -0.15) is 4.31 Å². The predicted molar refractivity (Wildman–Crippen MR) is 112 cm³/mol. The minimum atomic E-state index is -3.61. The first kappa shape index (κ1) is 21.0. The summed E-state index contributed by atoms with van der Waals surface area (Å²) in [6.45, 7) is 1.86. The van der Waals surface area contributed by atoms with Crippen LogP contribution in [0.25, 0.3) is 0 Å². The fraction of sp³-hybridized carbons (Fsp3) is 0.368. The van der Waals surface area contributed by atoms with Gasteiger partial charge in [0.05, 0.1) is 5.02 Å². The smallest absolute Gasteiger partial charge is 0.221 e. The molecule has 0 atom stereocenters. The topological polar surface area (TPSA) is 70.6 Å².